The maximum absolute atomic E-state index is 12.9. The second kappa shape index (κ2) is 14.3. The maximum Gasteiger partial charge on any atom is 0.425 e. The largest absolute Gasteiger partial charge is 0.464 e. The summed E-state index contributed by atoms with van der Waals surface area (Å²) in [6, 6.07) is 13.5. The molecular formula is C32H36F3N5O3S2. The summed E-state index contributed by atoms with van der Waals surface area (Å²) in [4.78, 5) is 23.2. The number of hydrogen-bond donors (Lipinski definition) is 1. The summed E-state index contributed by atoms with van der Waals surface area (Å²) in [5, 5.41) is 12.3. The van der Waals surface area contributed by atoms with Gasteiger partial charge in [-0.2, -0.15) is 18.4 Å². The number of anilines is 1. The van der Waals surface area contributed by atoms with Crippen LogP contribution >= 0.6 is 11.3 Å². The number of ether oxygens (including phenoxy) is 1. The van der Waals surface area contributed by atoms with E-state index >= 15 is 0 Å². The molecule has 8 nitrogen and oxygen atoms in total. The Hall–Kier alpha value is -3.50. The van der Waals surface area contributed by atoms with Crippen LogP contribution in [0.3, 0.4) is 0 Å². The molecule has 1 atom stereocenters. The van der Waals surface area contributed by atoms with Gasteiger partial charge in [-0.1, -0.05) is 31.4 Å². The van der Waals surface area contributed by atoms with Gasteiger partial charge in [-0.25, -0.2) is 9.97 Å². The first-order chi connectivity index (χ1) is 21.6. The van der Waals surface area contributed by atoms with Gasteiger partial charge in [-0.05, 0) is 62.4 Å². The van der Waals surface area contributed by atoms with E-state index in [2.05, 4.69) is 26.3 Å². The third kappa shape index (κ3) is 8.61. The molecule has 1 N–H and O–H groups in total. The normalized spacial score (nSPS) is 19.0. The van der Waals surface area contributed by atoms with E-state index < -0.39 is 28.6 Å². The van der Waals surface area contributed by atoms with Gasteiger partial charge < -0.3 is 15.0 Å². The van der Waals surface area contributed by atoms with E-state index in [1.807, 2.05) is 24.3 Å². The lowest BCUT2D eigenvalue weighted by atomic mass is 9.88. The van der Waals surface area contributed by atoms with Crippen LogP contribution in [0, 0.1) is 17.2 Å². The highest BCUT2D eigenvalue weighted by molar-refractivity contribution is 7.85. The number of hydrogen-bond acceptors (Lipinski definition) is 8. The second-order valence-electron chi connectivity index (χ2n) is 11.6. The van der Waals surface area contributed by atoms with Gasteiger partial charge in [-0.15, -0.1) is 11.3 Å². The zero-order valence-corrected chi connectivity index (χ0v) is 26.6. The number of pyridine rings is 1. The van der Waals surface area contributed by atoms with Crippen LogP contribution in [0.15, 0.2) is 48.8 Å². The summed E-state index contributed by atoms with van der Waals surface area (Å²) < 4.78 is 55.3. The van der Waals surface area contributed by atoms with Gasteiger partial charge in [-0.3, -0.25) is 9.00 Å². The molecule has 2 aliphatic carbocycles. The standard InChI is InChI=1S/C21H20F3N3O2S2.C11H16N2O/c1-14(21(22,23)24)29-19-17(3-2-8-25-19)20-26-13-18(30-20)15-4-6-16(7-5-15)27-9-11-31(28)12-10-27;12-8-11(6-7-11)13-10(14)9-4-2-1-3-5-9/h2-8,13-14H,9-12H2,1H3;9H,1-7H2,(H,13,14). The van der Waals surface area contributed by atoms with Gasteiger partial charge in [0, 0.05) is 59.4 Å². The van der Waals surface area contributed by atoms with Crippen molar-refractivity contribution in [3.8, 4) is 33.0 Å². The Morgan fingerprint density at radius 2 is 1.82 bits per heavy atom. The predicted molar refractivity (Wildman–Crippen MR) is 169 cm³/mol. The molecule has 1 amide bonds. The van der Waals surface area contributed by atoms with Crippen molar-refractivity contribution in [1.29, 1.82) is 5.26 Å². The minimum absolute atomic E-state index is 0.0916. The molecule has 45 heavy (non-hydrogen) atoms. The second-order valence-corrected chi connectivity index (χ2v) is 14.3. The van der Waals surface area contributed by atoms with E-state index in [9.17, 15) is 22.2 Å². The topological polar surface area (TPSA) is 108 Å². The Labute approximate surface area is 267 Å². The van der Waals surface area contributed by atoms with Gasteiger partial charge in [0.2, 0.25) is 11.8 Å². The van der Waals surface area contributed by atoms with Gasteiger partial charge in [0.1, 0.15) is 10.5 Å². The molecule has 240 valence electrons. The van der Waals surface area contributed by atoms with Crippen molar-refractivity contribution in [2.24, 2.45) is 5.92 Å². The Morgan fingerprint density at radius 3 is 2.44 bits per heavy atom. The summed E-state index contributed by atoms with van der Waals surface area (Å²) in [5.41, 5.74) is 1.99. The van der Waals surface area contributed by atoms with Crippen molar-refractivity contribution < 1.29 is 26.9 Å². The van der Waals surface area contributed by atoms with Gasteiger partial charge >= 0.3 is 6.18 Å². The van der Waals surface area contributed by atoms with Gasteiger partial charge in [0.15, 0.2) is 6.10 Å². The van der Waals surface area contributed by atoms with E-state index in [-0.39, 0.29) is 17.7 Å². The average molecular weight is 660 g/mol. The van der Waals surface area contributed by atoms with Crippen LogP contribution in [0.1, 0.15) is 51.9 Å². The fourth-order valence-electron chi connectivity index (χ4n) is 5.24. The highest BCUT2D eigenvalue weighted by Crippen LogP contribution is 2.38. The number of amides is 1. The first-order valence-electron chi connectivity index (χ1n) is 15.2. The Balaban J connectivity index is 0.000000238. The Bertz CT molecular complexity index is 1520. The molecule has 1 aromatic carbocycles. The van der Waals surface area contributed by atoms with Crippen molar-refractivity contribution in [3.05, 3.63) is 48.8 Å². The smallest absolute Gasteiger partial charge is 0.425 e. The summed E-state index contributed by atoms with van der Waals surface area (Å²) in [7, 11) is -0.721. The van der Waals surface area contributed by atoms with Crippen LogP contribution in [0.25, 0.3) is 21.0 Å². The lowest BCUT2D eigenvalue weighted by molar-refractivity contribution is -0.189. The minimum atomic E-state index is -4.48. The molecule has 0 radical (unpaired) electrons. The Kier molecular flexibility index (Phi) is 10.4. The zero-order chi connectivity index (χ0) is 32.0. The van der Waals surface area contributed by atoms with Crippen LogP contribution in [-0.4, -0.2) is 62.5 Å². The summed E-state index contributed by atoms with van der Waals surface area (Å²) in [5.74, 6) is 1.56. The van der Waals surface area contributed by atoms with Crippen molar-refractivity contribution in [2.75, 3.05) is 29.5 Å². The predicted octanol–water partition coefficient (Wildman–Crippen LogP) is 6.51. The van der Waals surface area contributed by atoms with E-state index in [0.717, 1.165) is 74.7 Å². The summed E-state index contributed by atoms with van der Waals surface area (Å²) in [6.07, 6.45) is 3.91. The summed E-state index contributed by atoms with van der Waals surface area (Å²) in [6.45, 7) is 2.50. The lowest BCUT2D eigenvalue weighted by Gasteiger charge is -2.28. The van der Waals surface area contributed by atoms with E-state index in [4.69, 9.17) is 10.00 Å². The van der Waals surface area contributed by atoms with Gasteiger partial charge in [0.25, 0.3) is 0 Å². The molecule has 1 saturated heterocycles. The number of carbonyl (C=O) groups excluding carboxylic acids is 1. The quantitative estimate of drug-likeness (QED) is 0.308. The first kappa shape index (κ1) is 32.9. The number of alkyl halides is 3. The number of halogens is 3. The molecule has 13 heteroatoms. The fraction of sp³-hybridized carbons (Fsp3) is 0.500. The van der Waals surface area contributed by atoms with Crippen LogP contribution in [0.4, 0.5) is 18.9 Å². The molecule has 0 bridgehead atoms. The van der Waals surface area contributed by atoms with Crippen molar-refractivity contribution in [2.45, 2.75) is 69.7 Å². The number of nitrogens with one attached hydrogen (secondary N) is 1. The van der Waals surface area contributed by atoms with Crippen molar-refractivity contribution >= 4 is 33.7 Å². The number of nitrogens with zero attached hydrogens (tertiary/aromatic N) is 4. The lowest BCUT2D eigenvalue weighted by Crippen LogP contribution is -2.40. The fourth-order valence-corrected chi connectivity index (χ4v) is 7.23. The first-order valence-corrected chi connectivity index (χ1v) is 17.5. The molecule has 2 saturated carbocycles. The molecule has 1 aliphatic heterocycles. The monoisotopic (exact) mass is 659 g/mol. The molecule has 3 fully saturated rings. The third-order valence-electron chi connectivity index (χ3n) is 8.25. The average Bonchev–Trinajstić information content (AvgIpc) is 3.65. The maximum atomic E-state index is 12.9. The molecule has 1 unspecified atom stereocenters. The van der Waals surface area contributed by atoms with E-state index in [0.29, 0.717) is 22.1 Å². The molecule has 0 spiro atoms. The molecule has 6 rings (SSSR count). The van der Waals surface area contributed by atoms with Crippen molar-refractivity contribution in [3.63, 3.8) is 0 Å². The van der Waals surface area contributed by atoms with Crippen LogP contribution < -0.4 is 15.0 Å². The number of thiazole rings is 1. The van der Waals surface area contributed by atoms with Crippen LogP contribution in [-0.2, 0) is 15.6 Å². The number of benzene rings is 1. The van der Waals surface area contributed by atoms with Crippen molar-refractivity contribution in [1.82, 2.24) is 15.3 Å². The molecule has 3 aliphatic rings. The highest BCUT2D eigenvalue weighted by Gasteiger charge is 2.45. The molecule has 3 aromatic rings. The zero-order valence-electron chi connectivity index (χ0n) is 25.0. The molecule has 2 aromatic heterocycles. The molecular weight excluding hydrogens is 624 g/mol. The van der Waals surface area contributed by atoms with E-state index in [1.54, 1.807) is 18.3 Å². The minimum Gasteiger partial charge on any atom is -0.464 e. The number of rotatable bonds is 7. The number of aromatic nitrogens is 2. The Morgan fingerprint density at radius 1 is 1.13 bits per heavy atom. The highest BCUT2D eigenvalue weighted by atomic mass is 32.2. The SMILES string of the molecule is CC(Oc1ncccc1-c1ncc(-c2ccc(N3CCS(=O)CC3)cc2)s1)C(F)(F)F.N#CC1(NC(=O)C2CCCCC2)CC1. The molecule has 3 heterocycles. The summed E-state index contributed by atoms with van der Waals surface area (Å²) >= 11 is 1.36. The third-order valence-corrected chi connectivity index (χ3v) is 10.6. The number of nitriles is 1. The van der Waals surface area contributed by atoms with E-state index in [1.165, 1.54) is 24.0 Å². The van der Waals surface area contributed by atoms with Crippen LogP contribution in [0.5, 0.6) is 5.88 Å². The van der Waals surface area contributed by atoms with Gasteiger partial charge in [0.05, 0.1) is 16.5 Å². The number of carbonyl (C=O) groups is 1. The van der Waals surface area contributed by atoms with Crippen LogP contribution in [0.2, 0.25) is 0 Å².